The van der Waals surface area contributed by atoms with Gasteiger partial charge in [0.2, 0.25) is 0 Å². The zero-order valence-corrected chi connectivity index (χ0v) is 23.9. The molecule has 2 aliphatic rings. The molecule has 0 aliphatic carbocycles. The van der Waals surface area contributed by atoms with Crippen LogP contribution in [-0.2, 0) is 11.3 Å². The van der Waals surface area contributed by atoms with Crippen molar-refractivity contribution in [3.63, 3.8) is 0 Å². The summed E-state index contributed by atoms with van der Waals surface area (Å²) in [4.78, 5) is 17.9. The zero-order valence-electron chi connectivity index (χ0n) is 23.1. The third-order valence-corrected chi connectivity index (χ3v) is 9.14. The Hall–Kier alpha value is -2.92. The lowest BCUT2D eigenvalue weighted by Crippen LogP contribution is -2.49. The van der Waals surface area contributed by atoms with Gasteiger partial charge in [0, 0.05) is 55.4 Å². The van der Waals surface area contributed by atoms with Crippen LogP contribution in [0.4, 0.5) is 10.2 Å². The molecular formula is C29H36FN7OS. The van der Waals surface area contributed by atoms with Crippen LogP contribution in [-0.4, -0.2) is 95.2 Å². The molecule has 5 heterocycles. The van der Waals surface area contributed by atoms with E-state index in [9.17, 15) is 4.39 Å². The summed E-state index contributed by atoms with van der Waals surface area (Å²) in [6, 6.07) is 10.3. The molecule has 2 unspecified atom stereocenters. The molecule has 1 aromatic carbocycles. The minimum atomic E-state index is -0.846. The summed E-state index contributed by atoms with van der Waals surface area (Å²) in [6.45, 7) is 9.21. The number of thiophene rings is 1. The second-order valence-corrected chi connectivity index (χ2v) is 12.0. The van der Waals surface area contributed by atoms with Crippen molar-refractivity contribution in [3.8, 4) is 17.2 Å². The van der Waals surface area contributed by atoms with E-state index >= 15 is 0 Å². The van der Waals surface area contributed by atoms with Gasteiger partial charge in [0.15, 0.2) is 5.82 Å². The zero-order chi connectivity index (χ0) is 27.1. The van der Waals surface area contributed by atoms with Crippen LogP contribution in [0.25, 0.3) is 27.4 Å². The van der Waals surface area contributed by atoms with Crippen LogP contribution in [0, 0.1) is 13.8 Å². The molecule has 0 amide bonds. The largest absolute Gasteiger partial charge is 0.378 e. The van der Waals surface area contributed by atoms with Gasteiger partial charge in [-0.15, -0.1) is 11.3 Å². The van der Waals surface area contributed by atoms with Crippen LogP contribution in [0.15, 0.2) is 36.5 Å². The van der Waals surface area contributed by atoms with Crippen molar-refractivity contribution in [2.24, 2.45) is 0 Å². The van der Waals surface area contributed by atoms with E-state index in [-0.39, 0.29) is 6.04 Å². The van der Waals surface area contributed by atoms with Crippen molar-refractivity contribution < 1.29 is 9.13 Å². The van der Waals surface area contributed by atoms with E-state index in [1.54, 1.807) is 16.0 Å². The number of benzene rings is 1. The number of morpholine rings is 1. The average Bonchev–Trinajstić information content (AvgIpc) is 3.54. The Morgan fingerprint density at radius 1 is 1.10 bits per heavy atom. The summed E-state index contributed by atoms with van der Waals surface area (Å²) in [5.41, 5.74) is 5.25. The molecule has 3 aromatic heterocycles. The van der Waals surface area contributed by atoms with E-state index in [1.807, 2.05) is 37.3 Å². The van der Waals surface area contributed by atoms with Crippen LogP contribution >= 0.6 is 11.3 Å². The number of alkyl halides is 1. The monoisotopic (exact) mass is 549 g/mol. The van der Waals surface area contributed by atoms with Gasteiger partial charge in [-0.25, -0.2) is 14.1 Å². The van der Waals surface area contributed by atoms with Crippen LogP contribution in [0.3, 0.4) is 0 Å². The number of likely N-dealkylation sites (tertiary alicyclic amines) is 1. The van der Waals surface area contributed by atoms with Gasteiger partial charge in [0.05, 0.1) is 29.1 Å². The summed E-state index contributed by atoms with van der Waals surface area (Å²) in [5.74, 6) is 1.49. The fourth-order valence-electron chi connectivity index (χ4n) is 5.63. The number of hydrogen-bond donors (Lipinski definition) is 0. The van der Waals surface area contributed by atoms with Crippen LogP contribution < -0.4 is 4.90 Å². The highest BCUT2D eigenvalue weighted by Crippen LogP contribution is 2.37. The molecule has 2 aliphatic heterocycles. The topological polar surface area (TPSA) is 62.6 Å². The number of aryl methyl sites for hydroxylation is 2. The summed E-state index contributed by atoms with van der Waals surface area (Å²) in [6.07, 6.45) is 1.92. The van der Waals surface area contributed by atoms with E-state index in [0.717, 1.165) is 65.5 Å². The van der Waals surface area contributed by atoms with E-state index < -0.39 is 6.17 Å². The predicted molar refractivity (Wildman–Crippen MR) is 155 cm³/mol. The Morgan fingerprint density at radius 3 is 2.67 bits per heavy atom. The van der Waals surface area contributed by atoms with Crippen molar-refractivity contribution in [2.75, 3.05) is 58.4 Å². The molecular weight excluding hydrogens is 513 g/mol. The van der Waals surface area contributed by atoms with Crippen molar-refractivity contribution in [3.05, 3.63) is 52.5 Å². The maximum absolute atomic E-state index is 14.9. The van der Waals surface area contributed by atoms with Crippen LogP contribution in [0.1, 0.15) is 22.4 Å². The second-order valence-electron chi connectivity index (χ2n) is 10.9. The van der Waals surface area contributed by atoms with Crippen molar-refractivity contribution >= 4 is 27.4 Å². The highest BCUT2D eigenvalue weighted by molar-refractivity contribution is 7.19. The minimum Gasteiger partial charge on any atom is -0.378 e. The summed E-state index contributed by atoms with van der Waals surface area (Å²) >= 11 is 1.74. The highest BCUT2D eigenvalue weighted by Gasteiger charge is 2.31. The van der Waals surface area contributed by atoms with E-state index in [0.29, 0.717) is 25.7 Å². The Balaban J connectivity index is 1.36. The van der Waals surface area contributed by atoms with Crippen molar-refractivity contribution in [2.45, 2.75) is 39.0 Å². The second kappa shape index (κ2) is 10.9. The van der Waals surface area contributed by atoms with Gasteiger partial charge < -0.3 is 14.5 Å². The first-order valence-corrected chi connectivity index (χ1v) is 14.5. The van der Waals surface area contributed by atoms with Gasteiger partial charge in [-0.1, -0.05) is 23.8 Å². The molecule has 39 heavy (non-hydrogen) atoms. The molecule has 2 atom stereocenters. The number of nitrogens with zero attached hydrogens (tertiary/aromatic N) is 7. The van der Waals surface area contributed by atoms with Gasteiger partial charge >= 0.3 is 0 Å². The van der Waals surface area contributed by atoms with E-state index in [4.69, 9.17) is 19.8 Å². The smallest absolute Gasteiger partial charge is 0.253 e. The number of anilines is 1. The number of fused-ring (bicyclic) bond motifs is 1. The number of piperidine rings is 1. The van der Waals surface area contributed by atoms with Crippen molar-refractivity contribution in [1.82, 2.24) is 29.5 Å². The first-order valence-electron chi connectivity index (χ1n) is 13.7. The number of halogens is 1. The van der Waals surface area contributed by atoms with Crippen molar-refractivity contribution in [1.29, 1.82) is 0 Å². The lowest BCUT2D eigenvalue weighted by Gasteiger charge is -2.37. The molecule has 2 saturated heterocycles. The molecule has 4 aromatic rings. The van der Waals surface area contributed by atoms with Gasteiger partial charge in [0.25, 0.3) is 5.95 Å². The first-order chi connectivity index (χ1) is 18.9. The average molecular weight is 550 g/mol. The van der Waals surface area contributed by atoms with E-state index in [1.165, 1.54) is 10.4 Å². The SMILES string of the molecule is Cc1cccc(-c2ccn(-c3nc(N4CCOCC4)c4sc(CN5CCC(N(C)C)C(F)C5)c(C)c4n3)n2)c1. The van der Waals surface area contributed by atoms with Gasteiger partial charge in [0.1, 0.15) is 6.17 Å². The van der Waals surface area contributed by atoms with E-state index in [2.05, 4.69) is 41.8 Å². The van der Waals surface area contributed by atoms with Crippen LogP contribution in [0.2, 0.25) is 0 Å². The quantitative estimate of drug-likeness (QED) is 0.352. The Kier molecular flexibility index (Phi) is 7.37. The highest BCUT2D eigenvalue weighted by atomic mass is 32.1. The number of rotatable bonds is 6. The fraction of sp³-hybridized carbons (Fsp3) is 0.483. The van der Waals surface area contributed by atoms with Gasteiger partial charge in [-0.2, -0.15) is 10.1 Å². The lowest BCUT2D eigenvalue weighted by atomic mass is 10.0. The molecule has 0 saturated carbocycles. The molecule has 6 rings (SSSR count). The third-order valence-electron chi connectivity index (χ3n) is 7.87. The number of aromatic nitrogens is 4. The summed E-state index contributed by atoms with van der Waals surface area (Å²) < 4.78 is 23.4. The lowest BCUT2D eigenvalue weighted by molar-refractivity contribution is 0.0549. The number of ether oxygens (including phenoxy) is 1. The molecule has 10 heteroatoms. The molecule has 2 fully saturated rings. The Morgan fingerprint density at radius 2 is 1.92 bits per heavy atom. The molecule has 8 nitrogen and oxygen atoms in total. The normalized spacial score (nSPS) is 20.8. The predicted octanol–water partition coefficient (Wildman–Crippen LogP) is 4.47. The van der Waals surface area contributed by atoms with Gasteiger partial charge in [-0.3, -0.25) is 4.90 Å². The van der Waals surface area contributed by atoms with Crippen LogP contribution in [0.5, 0.6) is 0 Å². The maximum Gasteiger partial charge on any atom is 0.253 e. The standard InChI is InChI=1S/C29H36FN7OS/c1-19-6-5-7-21(16-19)23-8-11-37(33-23)29-31-26-20(2)25(18-35-10-9-24(34(3)4)22(30)17-35)39-27(26)28(32-29)36-12-14-38-15-13-36/h5-8,11,16,22,24H,9-10,12-15,17-18H2,1-4H3. The maximum atomic E-state index is 14.9. The molecule has 0 spiro atoms. The summed E-state index contributed by atoms with van der Waals surface area (Å²) in [5, 5.41) is 4.84. The molecule has 206 valence electrons. The molecule has 0 N–H and O–H groups in total. The molecule has 0 bridgehead atoms. The molecule has 0 radical (unpaired) electrons. The fourth-order valence-corrected chi connectivity index (χ4v) is 6.93. The third kappa shape index (κ3) is 5.30. The first kappa shape index (κ1) is 26.3. The Labute approximate surface area is 233 Å². The number of hydrogen-bond acceptors (Lipinski definition) is 8. The summed E-state index contributed by atoms with van der Waals surface area (Å²) in [7, 11) is 3.94. The minimum absolute atomic E-state index is 0.00938. The Bertz CT molecular complexity index is 1460. The van der Waals surface area contributed by atoms with Gasteiger partial charge in [-0.05, 0) is 52.1 Å².